The monoisotopic (exact) mass is 294 g/mol. The Hall–Kier alpha value is -1.86. The minimum Gasteiger partial charge on any atom is -0.455 e. The van der Waals surface area contributed by atoms with Gasteiger partial charge in [-0.3, -0.25) is 9.59 Å². The van der Waals surface area contributed by atoms with Gasteiger partial charge in [0.2, 0.25) is 5.91 Å². The normalized spacial score (nSPS) is 15.6. The van der Waals surface area contributed by atoms with Gasteiger partial charge in [0.25, 0.3) is 5.91 Å². The third-order valence-electron chi connectivity index (χ3n) is 3.44. The first-order valence-electron chi connectivity index (χ1n) is 7.02. The summed E-state index contributed by atoms with van der Waals surface area (Å²) in [7, 11) is 3.73. The van der Waals surface area contributed by atoms with Crippen LogP contribution in [0.15, 0.2) is 16.5 Å². The Balaban J connectivity index is 1.88. The lowest BCUT2D eigenvalue weighted by Crippen LogP contribution is -2.52. The van der Waals surface area contributed by atoms with Gasteiger partial charge in [-0.2, -0.15) is 0 Å². The van der Waals surface area contributed by atoms with Crippen molar-refractivity contribution in [3.63, 3.8) is 0 Å². The van der Waals surface area contributed by atoms with Gasteiger partial charge in [0, 0.05) is 26.2 Å². The molecular weight excluding hydrogens is 272 g/mol. The van der Waals surface area contributed by atoms with Gasteiger partial charge in [0.05, 0.1) is 13.1 Å². The van der Waals surface area contributed by atoms with E-state index in [9.17, 15) is 9.59 Å². The van der Waals surface area contributed by atoms with E-state index in [1.54, 1.807) is 21.9 Å². The van der Waals surface area contributed by atoms with Gasteiger partial charge in [0.1, 0.15) is 5.76 Å². The number of nitrogens with zero attached hydrogens (tertiary/aromatic N) is 3. The highest BCUT2D eigenvalue weighted by atomic mass is 16.4. The number of carbonyl (C=O) groups is 2. The second-order valence-electron chi connectivity index (χ2n) is 5.38. The summed E-state index contributed by atoms with van der Waals surface area (Å²) in [5, 5.41) is 0. The van der Waals surface area contributed by atoms with Crippen molar-refractivity contribution < 1.29 is 14.0 Å². The van der Waals surface area contributed by atoms with E-state index in [1.807, 2.05) is 19.0 Å². The zero-order valence-corrected chi connectivity index (χ0v) is 12.5. The van der Waals surface area contributed by atoms with Crippen LogP contribution in [0, 0.1) is 0 Å². The molecule has 116 valence electrons. The smallest absolute Gasteiger partial charge is 0.289 e. The molecule has 2 heterocycles. The van der Waals surface area contributed by atoms with Crippen LogP contribution in [0.2, 0.25) is 0 Å². The third kappa shape index (κ3) is 3.83. The summed E-state index contributed by atoms with van der Waals surface area (Å²) in [6, 6.07) is 3.36. The average molecular weight is 294 g/mol. The van der Waals surface area contributed by atoms with Crippen molar-refractivity contribution in [3.8, 4) is 0 Å². The summed E-state index contributed by atoms with van der Waals surface area (Å²) >= 11 is 0. The van der Waals surface area contributed by atoms with Gasteiger partial charge in [-0.05, 0) is 26.2 Å². The predicted octanol–water partition coefficient (Wildman–Crippen LogP) is -0.416. The summed E-state index contributed by atoms with van der Waals surface area (Å²) in [6.45, 7) is 2.84. The molecule has 0 radical (unpaired) electrons. The number of piperazine rings is 1. The number of likely N-dealkylation sites (N-methyl/N-ethyl adjacent to an activating group) is 1. The molecule has 1 aromatic heterocycles. The SMILES string of the molecule is CN(C)CC(=O)N1CCN(C(=O)c2ccc(CN)o2)CC1. The lowest BCUT2D eigenvalue weighted by Gasteiger charge is -2.34. The molecule has 0 saturated carbocycles. The molecule has 7 heteroatoms. The van der Waals surface area contributed by atoms with Crippen molar-refractivity contribution >= 4 is 11.8 Å². The van der Waals surface area contributed by atoms with Crippen LogP contribution in [0.1, 0.15) is 16.3 Å². The van der Waals surface area contributed by atoms with Crippen LogP contribution in [0.5, 0.6) is 0 Å². The second-order valence-corrected chi connectivity index (χ2v) is 5.38. The topological polar surface area (TPSA) is 83.0 Å². The fourth-order valence-corrected chi connectivity index (χ4v) is 2.29. The van der Waals surface area contributed by atoms with Crippen molar-refractivity contribution in [3.05, 3.63) is 23.7 Å². The third-order valence-corrected chi connectivity index (χ3v) is 3.44. The molecule has 21 heavy (non-hydrogen) atoms. The van der Waals surface area contributed by atoms with Crippen molar-refractivity contribution in [2.45, 2.75) is 6.54 Å². The molecule has 0 aromatic carbocycles. The van der Waals surface area contributed by atoms with Crippen molar-refractivity contribution in [1.82, 2.24) is 14.7 Å². The second kappa shape index (κ2) is 6.73. The molecule has 1 aliphatic rings. The van der Waals surface area contributed by atoms with Gasteiger partial charge in [-0.15, -0.1) is 0 Å². The summed E-state index contributed by atoms with van der Waals surface area (Å²) in [5.41, 5.74) is 5.47. The lowest BCUT2D eigenvalue weighted by molar-refractivity contribution is -0.133. The molecule has 1 saturated heterocycles. The van der Waals surface area contributed by atoms with E-state index in [-0.39, 0.29) is 18.4 Å². The Morgan fingerprint density at radius 2 is 1.81 bits per heavy atom. The summed E-state index contributed by atoms with van der Waals surface area (Å²) < 4.78 is 5.37. The zero-order valence-electron chi connectivity index (χ0n) is 12.5. The molecule has 1 aliphatic heterocycles. The number of hydrogen-bond acceptors (Lipinski definition) is 5. The Morgan fingerprint density at radius 1 is 1.19 bits per heavy atom. The van der Waals surface area contributed by atoms with E-state index in [0.717, 1.165) is 0 Å². The van der Waals surface area contributed by atoms with Crippen LogP contribution in [-0.4, -0.2) is 73.3 Å². The van der Waals surface area contributed by atoms with Crippen LogP contribution in [0.4, 0.5) is 0 Å². The summed E-state index contributed by atoms with van der Waals surface area (Å²) in [4.78, 5) is 29.5. The average Bonchev–Trinajstić information content (AvgIpc) is 2.95. The maximum absolute atomic E-state index is 12.3. The molecule has 2 rings (SSSR count). The highest BCUT2D eigenvalue weighted by Crippen LogP contribution is 2.12. The fourth-order valence-electron chi connectivity index (χ4n) is 2.29. The molecule has 0 spiro atoms. The molecule has 0 atom stereocenters. The van der Waals surface area contributed by atoms with E-state index in [4.69, 9.17) is 10.2 Å². The maximum atomic E-state index is 12.3. The number of hydrogen-bond donors (Lipinski definition) is 1. The molecule has 0 aliphatic carbocycles. The molecule has 1 aromatic rings. The number of furan rings is 1. The molecule has 7 nitrogen and oxygen atoms in total. The van der Waals surface area contributed by atoms with Crippen LogP contribution >= 0.6 is 0 Å². The Labute approximate surface area is 124 Å². The lowest BCUT2D eigenvalue weighted by atomic mass is 10.2. The minimum absolute atomic E-state index is 0.0931. The first-order chi connectivity index (χ1) is 10.0. The highest BCUT2D eigenvalue weighted by Gasteiger charge is 2.26. The van der Waals surface area contributed by atoms with Crippen molar-refractivity contribution in [1.29, 1.82) is 0 Å². The number of carbonyl (C=O) groups excluding carboxylic acids is 2. The first kappa shape index (κ1) is 15.5. The number of nitrogens with two attached hydrogens (primary N) is 1. The van der Waals surface area contributed by atoms with Gasteiger partial charge in [-0.25, -0.2) is 0 Å². The van der Waals surface area contributed by atoms with Gasteiger partial charge >= 0.3 is 0 Å². The van der Waals surface area contributed by atoms with Gasteiger partial charge in [-0.1, -0.05) is 0 Å². The maximum Gasteiger partial charge on any atom is 0.289 e. The predicted molar refractivity (Wildman–Crippen MR) is 77.6 cm³/mol. The first-order valence-corrected chi connectivity index (χ1v) is 7.02. The highest BCUT2D eigenvalue weighted by molar-refractivity contribution is 5.91. The van der Waals surface area contributed by atoms with E-state index >= 15 is 0 Å². The fraction of sp³-hybridized carbons (Fsp3) is 0.571. The standard InChI is InChI=1S/C14H22N4O3/c1-16(2)10-13(19)17-5-7-18(8-6-17)14(20)12-4-3-11(9-15)21-12/h3-4H,5-10,15H2,1-2H3. The van der Waals surface area contributed by atoms with Crippen molar-refractivity contribution in [2.24, 2.45) is 5.73 Å². The van der Waals surface area contributed by atoms with Crippen LogP contribution in [-0.2, 0) is 11.3 Å². The molecule has 1 fully saturated rings. The van der Waals surface area contributed by atoms with E-state index in [1.165, 1.54) is 0 Å². The minimum atomic E-state index is -0.144. The van der Waals surface area contributed by atoms with Crippen molar-refractivity contribution in [2.75, 3.05) is 46.8 Å². The van der Waals surface area contributed by atoms with Gasteiger partial charge < -0.3 is 24.9 Å². The molecule has 2 amide bonds. The van der Waals surface area contributed by atoms with E-state index < -0.39 is 0 Å². The molecule has 2 N–H and O–H groups in total. The molecular formula is C14H22N4O3. The summed E-state index contributed by atoms with van der Waals surface area (Å²) in [6.07, 6.45) is 0. The largest absolute Gasteiger partial charge is 0.455 e. The number of rotatable bonds is 4. The van der Waals surface area contributed by atoms with E-state index in [0.29, 0.717) is 44.2 Å². The Morgan fingerprint density at radius 3 is 2.33 bits per heavy atom. The molecule has 0 bridgehead atoms. The zero-order chi connectivity index (χ0) is 15.4. The number of amides is 2. The summed E-state index contributed by atoms with van der Waals surface area (Å²) in [5.74, 6) is 0.853. The van der Waals surface area contributed by atoms with Crippen LogP contribution in [0.25, 0.3) is 0 Å². The van der Waals surface area contributed by atoms with Gasteiger partial charge in [0.15, 0.2) is 5.76 Å². The Kier molecular flexibility index (Phi) is 4.98. The Bertz CT molecular complexity index is 504. The van der Waals surface area contributed by atoms with E-state index in [2.05, 4.69) is 0 Å². The quantitative estimate of drug-likeness (QED) is 0.816. The van der Waals surface area contributed by atoms with Crippen LogP contribution < -0.4 is 5.73 Å². The van der Waals surface area contributed by atoms with Crippen LogP contribution in [0.3, 0.4) is 0 Å². The molecule has 0 unspecified atom stereocenters.